The summed E-state index contributed by atoms with van der Waals surface area (Å²) < 4.78 is 16.8. The average Bonchev–Trinajstić information content (AvgIpc) is 3.29. The number of rotatable bonds is 53. The van der Waals surface area contributed by atoms with Crippen LogP contribution in [0.4, 0.5) is 0 Å². The van der Waals surface area contributed by atoms with Crippen LogP contribution in [0.1, 0.15) is 330 Å². The van der Waals surface area contributed by atoms with Gasteiger partial charge >= 0.3 is 17.9 Å². The lowest BCUT2D eigenvalue weighted by molar-refractivity contribution is -0.167. The number of hydrogen-bond donors (Lipinski definition) is 0. The van der Waals surface area contributed by atoms with Crippen LogP contribution < -0.4 is 0 Å². The molecule has 0 rings (SSSR count). The van der Waals surface area contributed by atoms with Crippen molar-refractivity contribution in [2.45, 2.75) is 336 Å². The summed E-state index contributed by atoms with van der Waals surface area (Å²) in [6.07, 6.45) is 55.4. The van der Waals surface area contributed by atoms with Crippen molar-refractivity contribution in [2.75, 3.05) is 13.2 Å². The third-order valence-corrected chi connectivity index (χ3v) is 13.8. The Balaban J connectivity index is 4.12. The van der Waals surface area contributed by atoms with Crippen LogP contribution in [0.3, 0.4) is 0 Å². The van der Waals surface area contributed by atoms with Crippen LogP contribution in [0.2, 0.25) is 0 Å². The van der Waals surface area contributed by atoms with Crippen molar-refractivity contribution in [3.05, 3.63) is 0 Å². The van der Waals surface area contributed by atoms with Crippen LogP contribution in [0.25, 0.3) is 0 Å². The van der Waals surface area contributed by atoms with Crippen LogP contribution >= 0.6 is 0 Å². The fourth-order valence-corrected chi connectivity index (χ4v) is 9.02. The van der Waals surface area contributed by atoms with Crippen LogP contribution in [-0.4, -0.2) is 37.2 Å². The molecule has 0 spiro atoms. The molecule has 1 unspecified atom stereocenters. The molecule has 0 aromatic rings. The molecule has 0 saturated heterocycles. The van der Waals surface area contributed by atoms with Crippen LogP contribution in [-0.2, 0) is 28.6 Å². The highest BCUT2D eigenvalue weighted by Crippen LogP contribution is 2.19. The van der Waals surface area contributed by atoms with Gasteiger partial charge in [0.25, 0.3) is 0 Å². The van der Waals surface area contributed by atoms with E-state index in [9.17, 15) is 14.4 Å². The Labute approximate surface area is 406 Å². The molecule has 0 fully saturated rings. The van der Waals surface area contributed by atoms with E-state index < -0.39 is 6.10 Å². The molecular formula is C59H114O6. The van der Waals surface area contributed by atoms with Gasteiger partial charge in [-0.05, 0) is 31.1 Å². The molecule has 65 heavy (non-hydrogen) atoms. The molecule has 0 heterocycles. The zero-order valence-electron chi connectivity index (χ0n) is 44.6. The second-order valence-corrected chi connectivity index (χ2v) is 21.0. The number of carbonyl (C=O) groups is 3. The third-order valence-electron chi connectivity index (χ3n) is 13.8. The van der Waals surface area contributed by atoms with Crippen molar-refractivity contribution in [2.24, 2.45) is 11.8 Å². The Morgan fingerprint density at radius 3 is 0.877 bits per heavy atom. The molecule has 0 aliphatic heterocycles. The fourth-order valence-electron chi connectivity index (χ4n) is 9.02. The maximum Gasteiger partial charge on any atom is 0.306 e. The Morgan fingerprint density at radius 2 is 0.585 bits per heavy atom. The van der Waals surface area contributed by atoms with E-state index in [1.54, 1.807) is 0 Å². The molecule has 0 aliphatic carbocycles. The predicted molar refractivity (Wildman–Crippen MR) is 280 cm³/mol. The average molecular weight is 920 g/mol. The van der Waals surface area contributed by atoms with Gasteiger partial charge in [0.15, 0.2) is 6.10 Å². The molecule has 0 saturated carbocycles. The van der Waals surface area contributed by atoms with Gasteiger partial charge in [-0.15, -0.1) is 0 Å². The van der Waals surface area contributed by atoms with E-state index in [1.807, 2.05) is 0 Å². The lowest BCUT2D eigenvalue weighted by Crippen LogP contribution is -2.30. The van der Waals surface area contributed by atoms with E-state index in [0.29, 0.717) is 19.3 Å². The Kier molecular flexibility index (Phi) is 50.5. The van der Waals surface area contributed by atoms with Gasteiger partial charge in [-0.1, -0.05) is 291 Å². The minimum Gasteiger partial charge on any atom is -0.462 e. The molecular weight excluding hydrogens is 805 g/mol. The van der Waals surface area contributed by atoms with Gasteiger partial charge in [0.2, 0.25) is 0 Å². The summed E-state index contributed by atoms with van der Waals surface area (Å²) in [6.45, 7) is 11.4. The molecule has 0 bridgehead atoms. The molecule has 0 radical (unpaired) electrons. The van der Waals surface area contributed by atoms with Crippen molar-refractivity contribution in [3.8, 4) is 0 Å². The summed E-state index contributed by atoms with van der Waals surface area (Å²) >= 11 is 0. The van der Waals surface area contributed by atoms with Gasteiger partial charge < -0.3 is 14.2 Å². The van der Waals surface area contributed by atoms with Gasteiger partial charge in [0.05, 0.1) is 0 Å². The van der Waals surface area contributed by atoms with Crippen LogP contribution in [0, 0.1) is 11.8 Å². The van der Waals surface area contributed by atoms with Crippen molar-refractivity contribution >= 4 is 17.9 Å². The van der Waals surface area contributed by atoms with E-state index in [1.165, 1.54) is 218 Å². The van der Waals surface area contributed by atoms with Gasteiger partial charge in [0.1, 0.15) is 13.2 Å². The molecule has 386 valence electrons. The van der Waals surface area contributed by atoms with Crippen molar-refractivity contribution in [1.82, 2.24) is 0 Å². The molecule has 0 aromatic heterocycles. The molecule has 6 heteroatoms. The Bertz CT molecular complexity index is 995. The molecule has 2 atom stereocenters. The van der Waals surface area contributed by atoms with Gasteiger partial charge in [-0.3, -0.25) is 14.4 Å². The van der Waals surface area contributed by atoms with E-state index in [4.69, 9.17) is 14.2 Å². The normalized spacial score (nSPS) is 12.5. The van der Waals surface area contributed by atoms with Crippen LogP contribution in [0.15, 0.2) is 0 Å². The van der Waals surface area contributed by atoms with Crippen molar-refractivity contribution < 1.29 is 28.6 Å². The van der Waals surface area contributed by atoms with Gasteiger partial charge in [0, 0.05) is 19.3 Å². The first kappa shape index (κ1) is 63.4. The highest BCUT2D eigenvalue weighted by molar-refractivity contribution is 5.71. The first-order chi connectivity index (χ1) is 31.8. The Hall–Kier alpha value is -1.59. The first-order valence-corrected chi connectivity index (χ1v) is 29.3. The molecule has 0 amide bonds. The summed E-state index contributed by atoms with van der Waals surface area (Å²) in [6, 6.07) is 0. The maximum atomic E-state index is 12.8. The topological polar surface area (TPSA) is 78.9 Å². The minimum atomic E-state index is -0.761. The highest BCUT2D eigenvalue weighted by atomic mass is 16.6. The second kappa shape index (κ2) is 51.8. The maximum absolute atomic E-state index is 12.8. The summed E-state index contributed by atoms with van der Waals surface area (Å²) in [5.41, 5.74) is 0. The number of ether oxygens (including phenoxy) is 3. The summed E-state index contributed by atoms with van der Waals surface area (Å²) in [5, 5.41) is 0. The summed E-state index contributed by atoms with van der Waals surface area (Å²) in [4.78, 5) is 37.9. The zero-order chi connectivity index (χ0) is 47.5. The van der Waals surface area contributed by atoms with Crippen LogP contribution in [0.5, 0.6) is 0 Å². The SMILES string of the molecule is CCCCCCCCCC(=O)OC[C@@H](COC(=O)CCCCCCCCCCCCCCCCCC(C)C)OC(=O)CCCCCCCCCCCCCCCCCCCCC(C)CC. The quantitative estimate of drug-likeness (QED) is 0.0344. The molecule has 0 N–H and O–H groups in total. The van der Waals surface area contributed by atoms with Gasteiger partial charge in [-0.25, -0.2) is 0 Å². The fraction of sp³-hybridized carbons (Fsp3) is 0.949. The minimum absolute atomic E-state index is 0.0631. The van der Waals surface area contributed by atoms with E-state index in [-0.39, 0.29) is 31.1 Å². The lowest BCUT2D eigenvalue weighted by Gasteiger charge is -2.18. The van der Waals surface area contributed by atoms with Crippen molar-refractivity contribution in [1.29, 1.82) is 0 Å². The van der Waals surface area contributed by atoms with Crippen molar-refractivity contribution in [3.63, 3.8) is 0 Å². The standard InChI is InChI=1S/C59H114O6/c1-6-8-9-10-32-39-44-49-57(60)63-52-56(53-64-58(61)50-45-40-35-30-26-22-19-15-16-20-24-28-33-37-42-47-54(3)4)65-59(62)51-46-41-36-31-27-23-18-14-12-11-13-17-21-25-29-34-38-43-48-55(5)7-2/h54-56H,6-53H2,1-5H3/t55?,56-/m0/s1. The largest absolute Gasteiger partial charge is 0.462 e. The van der Waals surface area contributed by atoms with E-state index in [2.05, 4.69) is 34.6 Å². The highest BCUT2D eigenvalue weighted by Gasteiger charge is 2.19. The van der Waals surface area contributed by atoms with E-state index >= 15 is 0 Å². The zero-order valence-corrected chi connectivity index (χ0v) is 44.6. The first-order valence-electron chi connectivity index (χ1n) is 29.3. The summed E-state index contributed by atoms with van der Waals surface area (Å²) in [5.74, 6) is 0.912. The number of carbonyl (C=O) groups excluding carboxylic acids is 3. The number of hydrogen-bond acceptors (Lipinski definition) is 6. The molecule has 0 aliphatic rings. The lowest BCUT2D eigenvalue weighted by atomic mass is 9.99. The predicted octanol–water partition coefficient (Wildman–Crippen LogP) is 19.3. The number of unbranched alkanes of at least 4 members (excludes halogenated alkanes) is 37. The third kappa shape index (κ3) is 51.6. The Morgan fingerprint density at radius 1 is 0.323 bits per heavy atom. The van der Waals surface area contributed by atoms with E-state index in [0.717, 1.165) is 69.6 Å². The molecule has 6 nitrogen and oxygen atoms in total. The second-order valence-electron chi connectivity index (χ2n) is 21.0. The smallest absolute Gasteiger partial charge is 0.306 e. The monoisotopic (exact) mass is 919 g/mol. The molecule has 0 aromatic carbocycles. The summed E-state index contributed by atoms with van der Waals surface area (Å²) in [7, 11) is 0. The van der Waals surface area contributed by atoms with Gasteiger partial charge in [-0.2, -0.15) is 0 Å². The number of esters is 3.